The molecule has 0 amide bonds. The molecular weight excluding hydrogens is 918 g/mol. The van der Waals surface area contributed by atoms with Gasteiger partial charge in [-0.25, -0.2) is 0 Å². The minimum absolute atomic E-state index is 0.0424. The highest BCUT2D eigenvalue weighted by atomic mass is 31.2. The first kappa shape index (κ1) is 69.7. The monoisotopic (exact) mass is 1030 g/mol. The van der Waals surface area contributed by atoms with Gasteiger partial charge in [0.25, 0.3) is 7.82 Å². The van der Waals surface area contributed by atoms with Crippen LogP contribution in [0.2, 0.25) is 0 Å². The maximum absolute atomic E-state index is 12.7. The van der Waals surface area contributed by atoms with E-state index < -0.39 is 32.5 Å². The molecule has 2 atom stereocenters. The van der Waals surface area contributed by atoms with Crippen molar-refractivity contribution in [2.24, 2.45) is 0 Å². The third-order valence-electron chi connectivity index (χ3n) is 13.1. The summed E-state index contributed by atoms with van der Waals surface area (Å²) in [5.74, 6) is -0.894. The van der Waals surface area contributed by atoms with Gasteiger partial charge in [-0.05, 0) is 51.4 Å². The van der Waals surface area contributed by atoms with Gasteiger partial charge in [-0.3, -0.25) is 14.2 Å². The molecule has 0 bridgehead atoms. The van der Waals surface area contributed by atoms with Crippen molar-refractivity contribution in [1.29, 1.82) is 0 Å². The molecule has 0 fully saturated rings. The molecule has 0 aliphatic carbocycles. The van der Waals surface area contributed by atoms with Crippen LogP contribution in [0, 0.1) is 0 Å². The van der Waals surface area contributed by atoms with Crippen LogP contribution in [-0.4, -0.2) is 70.0 Å². The molecule has 0 spiro atoms. The number of hydrogen-bond donors (Lipinski definition) is 0. The molecule has 0 saturated heterocycles. The number of phosphoric ester groups is 1. The minimum Gasteiger partial charge on any atom is -0.756 e. The van der Waals surface area contributed by atoms with Crippen LogP contribution >= 0.6 is 7.82 Å². The highest BCUT2D eigenvalue weighted by Crippen LogP contribution is 2.38. The summed E-state index contributed by atoms with van der Waals surface area (Å²) >= 11 is 0. The topological polar surface area (TPSA) is 111 Å². The second kappa shape index (κ2) is 53.5. The lowest BCUT2D eigenvalue weighted by Gasteiger charge is -2.28. The summed E-state index contributed by atoms with van der Waals surface area (Å²) in [5.41, 5.74) is 0. The Morgan fingerprint density at radius 3 is 1.17 bits per heavy atom. The Labute approximate surface area is 445 Å². The van der Waals surface area contributed by atoms with E-state index in [-0.39, 0.29) is 26.1 Å². The number of hydrogen-bond acceptors (Lipinski definition) is 8. The van der Waals surface area contributed by atoms with E-state index in [0.29, 0.717) is 23.9 Å². The van der Waals surface area contributed by atoms with Gasteiger partial charge in [-0.2, -0.15) is 0 Å². The van der Waals surface area contributed by atoms with Crippen LogP contribution in [0.25, 0.3) is 0 Å². The number of rotatable bonds is 55. The molecule has 9 nitrogen and oxygen atoms in total. The van der Waals surface area contributed by atoms with E-state index in [0.717, 1.165) is 51.4 Å². The molecule has 0 aromatic heterocycles. The fourth-order valence-corrected chi connectivity index (χ4v) is 9.19. The van der Waals surface area contributed by atoms with Gasteiger partial charge in [-0.15, -0.1) is 0 Å². The van der Waals surface area contributed by atoms with Gasteiger partial charge in [0.15, 0.2) is 6.10 Å². The normalized spacial score (nSPS) is 13.7. The Morgan fingerprint density at radius 2 is 0.792 bits per heavy atom. The van der Waals surface area contributed by atoms with Crippen molar-refractivity contribution in [3.63, 3.8) is 0 Å². The number of quaternary nitrogens is 1. The first-order valence-electron chi connectivity index (χ1n) is 30.0. The molecule has 2 unspecified atom stereocenters. The molecule has 0 rings (SSSR count). The number of ether oxygens (including phenoxy) is 2. The predicted molar refractivity (Wildman–Crippen MR) is 305 cm³/mol. The Kier molecular flexibility index (Phi) is 51.8. The molecule has 0 aromatic carbocycles. The van der Waals surface area contributed by atoms with Crippen LogP contribution in [0.5, 0.6) is 0 Å². The second-order valence-electron chi connectivity index (χ2n) is 21.3. The molecule has 420 valence electrons. The fourth-order valence-electron chi connectivity index (χ4n) is 8.46. The van der Waals surface area contributed by atoms with Gasteiger partial charge >= 0.3 is 11.9 Å². The lowest BCUT2D eigenvalue weighted by Crippen LogP contribution is -2.37. The number of esters is 2. The lowest BCUT2D eigenvalue weighted by atomic mass is 10.0. The Balaban J connectivity index is 4.07. The Hall–Kier alpha value is -2.29. The molecule has 72 heavy (non-hydrogen) atoms. The third kappa shape index (κ3) is 57.0. The highest BCUT2D eigenvalue weighted by molar-refractivity contribution is 7.45. The van der Waals surface area contributed by atoms with E-state index in [1.807, 2.05) is 27.2 Å². The van der Waals surface area contributed by atoms with Gasteiger partial charge in [0, 0.05) is 12.8 Å². The number of likely N-dealkylation sites (N-methyl/N-ethyl adjacent to an activating group) is 1. The number of phosphoric acid groups is 1. The minimum atomic E-state index is -4.65. The zero-order chi connectivity index (χ0) is 52.7. The number of nitrogens with zero attached hydrogens (tertiary/aromatic N) is 1. The average Bonchev–Trinajstić information content (AvgIpc) is 3.34. The molecule has 0 aliphatic heterocycles. The number of carbonyl (C=O) groups is 2. The van der Waals surface area contributed by atoms with E-state index in [1.165, 1.54) is 180 Å². The standard InChI is InChI=1S/C62H114NO8P/c1-6-8-10-12-14-16-18-20-22-24-25-26-27-28-29-30-31-32-33-34-35-36-37-39-40-42-44-46-48-50-52-54-61(64)68-58-60(59-70-72(66,67)69-57-56-63(3,4)5)71-62(65)55-53-51-49-47-45-43-41-38-23-21-19-17-15-13-11-9-7-2/h9,11,15,17,21,23,41,43,47,49,60H,6-8,10,12-14,16,18-20,22,24-40,42,44-46,48,50-59H2,1-5H3/b11-9-,17-15-,23-21-,43-41-,49-47-. The number of unbranched alkanes of at least 4 members (excludes halogenated alkanes) is 31. The smallest absolute Gasteiger partial charge is 0.306 e. The molecule has 0 N–H and O–H groups in total. The zero-order valence-corrected chi connectivity index (χ0v) is 48.5. The number of carbonyl (C=O) groups excluding carboxylic acids is 2. The van der Waals surface area contributed by atoms with E-state index in [2.05, 4.69) is 68.5 Å². The van der Waals surface area contributed by atoms with Crippen molar-refractivity contribution in [1.82, 2.24) is 0 Å². The van der Waals surface area contributed by atoms with E-state index in [4.69, 9.17) is 18.5 Å². The van der Waals surface area contributed by atoms with E-state index in [9.17, 15) is 19.0 Å². The van der Waals surface area contributed by atoms with Gasteiger partial charge in [-0.1, -0.05) is 267 Å². The number of allylic oxidation sites excluding steroid dienone is 10. The molecule has 0 heterocycles. The van der Waals surface area contributed by atoms with Crippen molar-refractivity contribution >= 4 is 19.8 Å². The summed E-state index contributed by atoms with van der Waals surface area (Å²) in [6, 6.07) is 0. The van der Waals surface area contributed by atoms with Crippen molar-refractivity contribution in [3.05, 3.63) is 60.8 Å². The van der Waals surface area contributed by atoms with Crippen molar-refractivity contribution in [2.45, 2.75) is 277 Å². The van der Waals surface area contributed by atoms with Crippen LogP contribution < -0.4 is 4.89 Å². The van der Waals surface area contributed by atoms with E-state index >= 15 is 0 Å². The Morgan fingerprint density at radius 1 is 0.444 bits per heavy atom. The summed E-state index contributed by atoms with van der Waals surface area (Å²) in [6.07, 6.45) is 68.8. The molecule has 0 aromatic rings. The van der Waals surface area contributed by atoms with Crippen LogP contribution in [0.3, 0.4) is 0 Å². The third-order valence-corrected chi connectivity index (χ3v) is 14.0. The SMILES string of the molecule is CC/C=C\C/C=C\C/C=C\C/C=C\C/C=C\CCCC(=O)OC(COC(=O)CCCCCCCCCCCCCCCCCCCCCCCCCCCCCCCCC)COP(=O)([O-])OCC[N+](C)(C)C. The lowest BCUT2D eigenvalue weighted by molar-refractivity contribution is -0.870. The van der Waals surface area contributed by atoms with Crippen LogP contribution in [0.4, 0.5) is 0 Å². The molecular formula is C62H114NO8P. The first-order valence-corrected chi connectivity index (χ1v) is 31.5. The summed E-state index contributed by atoms with van der Waals surface area (Å²) in [6.45, 7) is 4.09. The largest absolute Gasteiger partial charge is 0.756 e. The van der Waals surface area contributed by atoms with Gasteiger partial charge < -0.3 is 27.9 Å². The fraction of sp³-hybridized carbons (Fsp3) is 0.806. The maximum Gasteiger partial charge on any atom is 0.306 e. The van der Waals surface area contributed by atoms with Crippen LogP contribution in [0.15, 0.2) is 60.8 Å². The zero-order valence-electron chi connectivity index (χ0n) is 47.6. The second-order valence-corrected chi connectivity index (χ2v) is 22.8. The summed E-state index contributed by atoms with van der Waals surface area (Å²) in [5, 5.41) is 0. The summed E-state index contributed by atoms with van der Waals surface area (Å²) in [4.78, 5) is 37.8. The van der Waals surface area contributed by atoms with Gasteiger partial charge in [0.05, 0.1) is 27.7 Å². The molecule has 0 radical (unpaired) electrons. The maximum atomic E-state index is 12.7. The molecule has 0 saturated carbocycles. The predicted octanol–water partition coefficient (Wildman–Crippen LogP) is 18.1. The van der Waals surface area contributed by atoms with Gasteiger partial charge in [0.1, 0.15) is 19.8 Å². The van der Waals surface area contributed by atoms with Crippen LogP contribution in [-0.2, 0) is 32.7 Å². The van der Waals surface area contributed by atoms with Gasteiger partial charge in [0.2, 0.25) is 0 Å². The van der Waals surface area contributed by atoms with E-state index in [1.54, 1.807) is 0 Å². The van der Waals surface area contributed by atoms with Crippen molar-refractivity contribution < 1.29 is 42.1 Å². The molecule has 10 heteroatoms. The summed E-state index contributed by atoms with van der Waals surface area (Å²) < 4.78 is 34.1. The van der Waals surface area contributed by atoms with Crippen molar-refractivity contribution in [2.75, 3.05) is 47.5 Å². The first-order chi connectivity index (χ1) is 35.0. The quantitative estimate of drug-likeness (QED) is 0.0195. The van der Waals surface area contributed by atoms with Crippen LogP contribution in [0.1, 0.15) is 271 Å². The summed E-state index contributed by atoms with van der Waals surface area (Å²) in [7, 11) is 1.13. The highest BCUT2D eigenvalue weighted by Gasteiger charge is 2.21. The van der Waals surface area contributed by atoms with Crippen molar-refractivity contribution in [3.8, 4) is 0 Å². The average molecular weight is 1030 g/mol. The molecule has 0 aliphatic rings. The Bertz CT molecular complexity index is 1400.